The third kappa shape index (κ3) is 37.6. The Hall–Kier alpha value is -8.51. The number of piperidine rings is 5. The number of amides is 2. The molecule has 5 aromatic carbocycles. The quantitative estimate of drug-likeness (QED) is 0.0319. The van der Waals surface area contributed by atoms with Gasteiger partial charge in [-0.2, -0.15) is 4.39 Å². The van der Waals surface area contributed by atoms with Crippen molar-refractivity contribution in [2.24, 2.45) is 46.8 Å². The number of aryl methyl sites for hydroxylation is 1. The second-order valence-corrected chi connectivity index (χ2v) is 43.5. The number of aldehydes is 2. The fourth-order valence-electron chi connectivity index (χ4n) is 18.1. The lowest BCUT2D eigenvalue weighted by Crippen LogP contribution is -2.52. The van der Waals surface area contributed by atoms with Crippen LogP contribution in [0.1, 0.15) is 195 Å². The van der Waals surface area contributed by atoms with Gasteiger partial charge in [-0.3, -0.25) is 14.5 Å². The van der Waals surface area contributed by atoms with Crippen LogP contribution in [0, 0.1) is 92.7 Å². The Labute approximate surface area is 854 Å². The van der Waals surface area contributed by atoms with Gasteiger partial charge in [-0.05, 0) is 320 Å². The fourth-order valence-corrected chi connectivity index (χ4v) is 22.3. The maximum atomic E-state index is 13.9. The summed E-state index contributed by atoms with van der Waals surface area (Å²) in [4.78, 5) is 52.4. The molecule has 5 aliphatic heterocycles. The number of hydrogen-bond acceptors (Lipinski definition) is 20. The van der Waals surface area contributed by atoms with Crippen LogP contribution in [0.4, 0.5) is 44.7 Å². The zero-order valence-electron chi connectivity index (χ0n) is 80.7. The monoisotopic (exact) mass is 2120 g/mol. The van der Waals surface area contributed by atoms with Gasteiger partial charge in [0, 0.05) is 80.5 Å². The smallest absolute Gasteiger partial charge is 0.410 e. The van der Waals surface area contributed by atoms with Crippen LogP contribution in [0.2, 0.25) is 0 Å². The summed E-state index contributed by atoms with van der Waals surface area (Å²) in [5, 5.41) is 33.9. The van der Waals surface area contributed by atoms with Gasteiger partial charge in [-0.25, -0.2) is 40.3 Å². The lowest BCUT2D eigenvalue weighted by atomic mass is 9.61. The summed E-state index contributed by atoms with van der Waals surface area (Å²) in [7, 11) is 3.25. The molecule has 4 bridgehead atoms. The Kier molecular flexibility index (Phi) is 48.0. The van der Waals surface area contributed by atoms with Crippen molar-refractivity contribution >= 4 is 122 Å². The second-order valence-electron chi connectivity index (χ2n) is 37.8. The van der Waals surface area contributed by atoms with Crippen LogP contribution in [0.5, 0.6) is 11.5 Å². The molecule has 5 aromatic heterocycles. The van der Waals surface area contributed by atoms with E-state index in [0.717, 1.165) is 152 Å². The van der Waals surface area contributed by atoms with E-state index in [4.69, 9.17) is 33.5 Å². The standard InChI is InChI=1S/C23H26FN.C19H26FNO3.C17H24FNO4.C16H20FN.C11H16FNS.C7H9BrO2S.C5H5FOS.2C5H3FOS.ClH/c24-23-12-5-4-9-19(23)13-14-22-20-10-6-11-21(22)17-25(16-20)15-18-7-2-1-3-8-18;1-18(2,3)24-17(22)21-10-8-19(9-11-21)12-14(13-19)23-16-7-5-4-6-15(16)20;1-16(2,3)23-15(20)19-10-8-17(21,9-11-19)12-22-14-7-5-4-6-13(14)18;17-16-7-2-1-4-12(16)8-9-15-13-5-3-6-14(15)11-18-10-13;12-10-5-8-14-11(10)2-1-9-3-6-13-7-4-9;1-9-7(10-2)6-5(8)3-4-11-6;2*6-4-1-2-8-5(4)3-7;6-5-4(3-7)1-2-8-5;/h1-5,7-9,12-14,20-22H,6,10-11,15-17H2;4-7,14H,8-13H2,1-3H3;4-7,21H,8-12H2,1-3H3;1-2,4,7-9,13-15,18H,3,5-6,10-11H2;5,8-9,13H,1-4,6-7H2;3-4,7H,1-2H3;1-2,7H,3H2;2*1-3H;1H/b14-13+;;;9-8+;;;;;;. The largest absolute Gasteiger partial charge is 0.488 e. The van der Waals surface area contributed by atoms with Crippen molar-refractivity contribution in [2.45, 2.75) is 187 Å². The Balaban J connectivity index is 0.000000181. The number of nitrogens with zero attached hydrogens (tertiary/aromatic N) is 3. The molecule has 4 atom stereocenters. The molecule has 10 aromatic rings. The number of aliphatic hydroxyl groups excluding tert-OH is 1. The van der Waals surface area contributed by atoms with Crippen molar-refractivity contribution in [2.75, 3.05) is 86.3 Å². The first-order valence-electron chi connectivity index (χ1n) is 47.5. The van der Waals surface area contributed by atoms with Crippen molar-refractivity contribution in [1.29, 1.82) is 0 Å². The van der Waals surface area contributed by atoms with Crippen LogP contribution >= 0.6 is 85.0 Å². The summed E-state index contributed by atoms with van der Waals surface area (Å²) >= 11 is 9.82. The highest BCUT2D eigenvalue weighted by Gasteiger charge is 2.49. The highest BCUT2D eigenvalue weighted by atomic mass is 79.9. The second kappa shape index (κ2) is 58.4. The van der Waals surface area contributed by atoms with Gasteiger partial charge in [-0.1, -0.05) is 128 Å². The number of carbonyl (C=O) groups excluding carboxylic acids is 4. The number of rotatable bonds is 20. The molecule has 140 heavy (non-hydrogen) atoms. The van der Waals surface area contributed by atoms with E-state index in [0.29, 0.717) is 83.9 Å². The molecule has 762 valence electrons. The maximum absolute atomic E-state index is 13.9. The van der Waals surface area contributed by atoms with Gasteiger partial charge in [-0.15, -0.1) is 69.1 Å². The van der Waals surface area contributed by atoms with Crippen molar-refractivity contribution in [1.82, 2.24) is 25.3 Å². The number of aliphatic hydroxyl groups is 2. The van der Waals surface area contributed by atoms with Crippen LogP contribution in [-0.2, 0) is 38.5 Å². The summed E-state index contributed by atoms with van der Waals surface area (Å²) in [5.41, 5.74) is 1.16. The van der Waals surface area contributed by atoms with Crippen LogP contribution in [0.15, 0.2) is 201 Å². The van der Waals surface area contributed by atoms with E-state index < -0.39 is 33.6 Å². The molecule has 32 heteroatoms. The predicted octanol–water partition coefficient (Wildman–Crippen LogP) is 27.0. The molecule has 0 radical (unpaired) electrons. The number of carbonyl (C=O) groups is 4. The number of ether oxygens (including phenoxy) is 6. The number of thiophene rings is 5. The number of methoxy groups -OCH3 is 2. The molecule has 3 aliphatic carbocycles. The van der Waals surface area contributed by atoms with Gasteiger partial charge in [0.1, 0.15) is 57.4 Å². The number of allylic oxidation sites excluding steroid dienone is 2. The maximum Gasteiger partial charge on any atom is 0.410 e. The zero-order valence-corrected chi connectivity index (χ0v) is 87.2. The van der Waals surface area contributed by atoms with Crippen LogP contribution in [0.3, 0.4) is 0 Å². The van der Waals surface area contributed by atoms with Gasteiger partial charge in [0.2, 0.25) is 0 Å². The van der Waals surface area contributed by atoms with Gasteiger partial charge in [0.15, 0.2) is 47.1 Å². The average molecular weight is 2120 g/mol. The number of halogens is 10. The van der Waals surface area contributed by atoms with Gasteiger partial charge in [0.05, 0.1) is 28.0 Å². The molecule has 10 heterocycles. The Morgan fingerprint density at radius 1 is 0.521 bits per heavy atom. The molecule has 4 unspecified atom stereocenters. The van der Waals surface area contributed by atoms with Gasteiger partial charge >= 0.3 is 12.2 Å². The van der Waals surface area contributed by atoms with Crippen molar-refractivity contribution in [3.8, 4) is 11.5 Å². The van der Waals surface area contributed by atoms with Crippen molar-refractivity contribution < 1.29 is 92.9 Å². The van der Waals surface area contributed by atoms with Gasteiger partial charge in [0.25, 0.3) is 0 Å². The Morgan fingerprint density at radius 3 is 1.43 bits per heavy atom. The molecule has 1 spiro atoms. The van der Waals surface area contributed by atoms with E-state index in [2.05, 4.69) is 73.9 Å². The van der Waals surface area contributed by atoms with E-state index in [9.17, 15) is 59.4 Å². The number of nitrogens with one attached hydrogen (secondary N) is 2. The molecule has 18 rings (SSSR count). The van der Waals surface area contributed by atoms with E-state index >= 15 is 0 Å². The number of hydrogen-bond donors (Lipinski definition) is 4. The Morgan fingerprint density at radius 2 is 0.993 bits per heavy atom. The van der Waals surface area contributed by atoms with E-state index in [-0.39, 0.29) is 101 Å². The van der Waals surface area contributed by atoms with Crippen LogP contribution in [0.25, 0.3) is 12.2 Å². The first-order valence-corrected chi connectivity index (χ1v) is 52.7. The molecule has 3 saturated carbocycles. The van der Waals surface area contributed by atoms with E-state index in [1.807, 2.05) is 94.8 Å². The van der Waals surface area contributed by atoms with Crippen molar-refractivity contribution in [3.05, 3.63) is 289 Å². The lowest BCUT2D eigenvalue weighted by molar-refractivity contribution is -0.104. The summed E-state index contributed by atoms with van der Waals surface area (Å²) in [6.45, 7) is 21.0. The third-order valence-electron chi connectivity index (χ3n) is 25.5. The first-order chi connectivity index (χ1) is 66.8. The normalized spacial score (nSPS) is 19.6. The molecular weight excluding hydrogens is 1990 g/mol. The summed E-state index contributed by atoms with van der Waals surface area (Å²) < 4.78 is 137. The topological polar surface area (TPSA) is 198 Å². The van der Waals surface area contributed by atoms with Gasteiger partial charge < -0.3 is 59.1 Å². The SMILES string of the molecule is CC(C)(C)OC(=O)N1CCC(O)(COc2ccccc2F)CC1.CC(C)(C)OC(=O)N1CCC2(CC1)CC(Oc1ccccc1F)C2.COC(OC)c1sccc1Br.Cl.Fc1ccccc1/C=C/C1C2CCCC1CN(Cc1ccccc1)C2.Fc1ccccc1/C=C/C1C2CCCC1CNC2.Fc1ccsc1CCC1CCNCC1.O=Cc1ccsc1F.O=Cc1sccc1F.OCc1sccc1F. The number of para-hydroxylation sites is 2. The molecule has 8 aliphatic rings. The number of likely N-dealkylation sites (tertiary alicyclic amines) is 3. The number of benzene rings is 5. The van der Waals surface area contributed by atoms with Crippen LogP contribution < -0.4 is 20.1 Å². The summed E-state index contributed by atoms with van der Waals surface area (Å²) in [6.07, 6.45) is 25.8. The molecule has 8 fully saturated rings. The van der Waals surface area contributed by atoms with Crippen LogP contribution in [-0.4, -0.2) is 159 Å². The molecular formula is C108H133BrClF8N5O12S5. The fraction of sp³-hybridized carbons (Fsp3) is 0.463. The lowest BCUT2D eigenvalue weighted by Gasteiger charge is -2.51. The molecule has 17 nitrogen and oxygen atoms in total. The molecule has 5 saturated heterocycles. The number of fused-ring (bicyclic) bond motifs is 4. The highest BCUT2D eigenvalue weighted by molar-refractivity contribution is 9.10. The summed E-state index contributed by atoms with van der Waals surface area (Å²) in [5.74, 6) is 3.67. The van der Waals surface area contributed by atoms with Crippen molar-refractivity contribution in [3.63, 3.8) is 0 Å². The average Bonchev–Trinajstić information content (AvgIpc) is 1.14. The summed E-state index contributed by atoms with van der Waals surface area (Å²) in [6, 6.07) is 45.1. The third-order valence-corrected chi connectivity index (χ3v) is 30.8. The molecule has 4 N–H and O–H groups in total. The predicted molar refractivity (Wildman–Crippen MR) is 551 cm³/mol. The minimum Gasteiger partial charge on any atom is -0.488 e. The minimum absolute atomic E-state index is 0. The van der Waals surface area contributed by atoms with E-state index in [1.54, 1.807) is 117 Å². The minimum atomic E-state index is -1.07. The highest BCUT2D eigenvalue weighted by Crippen LogP contribution is 2.51. The first kappa shape index (κ1) is 115. The van der Waals surface area contributed by atoms with E-state index in [1.165, 1.54) is 111 Å². The Bertz CT molecular complexity index is 5310. The molecule has 2 amide bonds. The zero-order chi connectivity index (χ0) is 99.9.